The molecule has 2 rings (SSSR count). The fourth-order valence-electron chi connectivity index (χ4n) is 1.68. The maximum absolute atomic E-state index is 11.7. The third kappa shape index (κ3) is 3.87. The molecule has 2 aromatic carbocycles. The largest absolute Gasteiger partial charge is 0.323 e. The Labute approximate surface area is 123 Å². The first-order chi connectivity index (χ1) is 9.66. The van der Waals surface area contributed by atoms with Crippen molar-refractivity contribution in [1.29, 1.82) is 0 Å². The number of nitrogens with one attached hydrogen (secondary N) is 2. The van der Waals surface area contributed by atoms with Crippen LogP contribution in [0.25, 0.3) is 6.08 Å². The molecule has 0 saturated carbocycles. The number of carbonyl (C=O) groups excluding carboxylic acids is 1. The van der Waals surface area contributed by atoms with Gasteiger partial charge in [-0.2, -0.15) is 0 Å². The standard InChI is InChI=1S/C16H15ClN2O/c1-12-14(17)8-5-9-15(12)19-16(20)18-11-10-13-6-3-2-4-7-13/h2-11H,1H3,(H2,18,19,20)/b11-10+. The van der Waals surface area contributed by atoms with Gasteiger partial charge in [0.25, 0.3) is 0 Å². The number of benzene rings is 2. The van der Waals surface area contributed by atoms with Crippen molar-refractivity contribution in [2.45, 2.75) is 6.92 Å². The Kier molecular flexibility index (Phi) is 4.80. The van der Waals surface area contributed by atoms with Crippen molar-refractivity contribution in [2.75, 3.05) is 5.32 Å². The van der Waals surface area contributed by atoms with Crippen LogP contribution in [0.1, 0.15) is 11.1 Å². The molecule has 0 aliphatic carbocycles. The van der Waals surface area contributed by atoms with Gasteiger partial charge in [-0.1, -0.05) is 48.0 Å². The normalized spacial score (nSPS) is 10.5. The number of carbonyl (C=O) groups is 1. The highest BCUT2D eigenvalue weighted by Crippen LogP contribution is 2.22. The van der Waals surface area contributed by atoms with Crippen molar-refractivity contribution in [3.63, 3.8) is 0 Å². The van der Waals surface area contributed by atoms with Crippen molar-refractivity contribution in [3.8, 4) is 0 Å². The molecule has 2 N–H and O–H groups in total. The van der Waals surface area contributed by atoms with Gasteiger partial charge in [0.1, 0.15) is 0 Å². The van der Waals surface area contributed by atoms with Gasteiger partial charge >= 0.3 is 6.03 Å². The molecule has 0 unspecified atom stereocenters. The zero-order valence-corrected chi connectivity index (χ0v) is 11.8. The Morgan fingerprint density at radius 3 is 2.60 bits per heavy atom. The second kappa shape index (κ2) is 6.78. The van der Waals surface area contributed by atoms with Crippen LogP contribution < -0.4 is 10.6 Å². The van der Waals surface area contributed by atoms with E-state index in [1.54, 1.807) is 18.3 Å². The predicted molar refractivity (Wildman–Crippen MR) is 83.8 cm³/mol. The van der Waals surface area contributed by atoms with Gasteiger partial charge in [-0.25, -0.2) is 4.79 Å². The molecule has 0 bridgehead atoms. The van der Waals surface area contributed by atoms with Gasteiger partial charge in [-0.15, -0.1) is 0 Å². The molecule has 0 radical (unpaired) electrons. The number of hydrogen-bond acceptors (Lipinski definition) is 1. The van der Waals surface area contributed by atoms with E-state index in [1.165, 1.54) is 0 Å². The van der Waals surface area contributed by atoms with E-state index >= 15 is 0 Å². The van der Waals surface area contributed by atoms with E-state index in [-0.39, 0.29) is 6.03 Å². The smallest absolute Gasteiger partial charge is 0.314 e. The molecule has 0 spiro atoms. The van der Waals surface area contributed by atoms with E-state index in [2.05, 4.69) is 10.6 Å². The highest BCUT2D eigenvalue weighted by molar-refractivity contribution is 6.31. The van der Waals surface area contributed by atoms with E-state index in [9.17, 15) is 4.79 Å². The topological polar surface area (TPSA) is 41.1 Å². The number of urea groups is 1. The van der Waals surface area contributed by atoms with Gasteiger partial charge in [-0.05, 0) is 36.3 Å². The van der Waals surface area contributed by atoms with Crippen LogP contribution in [0.15, 0.2) is 54.7 Å². The third-order valence-corrected chi connectivity index (χ3v) is 3.22. The summed E-state index contributed by atoms with van der Waals surface area (Å²) in [6.45, 7) is 1.86. The van der Waals surface area contributed by atoms with E-state index in [4.69, 9.17) is 11.6 Å². The zero-order valence-electron chi connectivity index (χ0n) is 11.1. The van der Waals surface area contributed by atoms with Crippen LogP contribution in [0.3, 0.4) is 0 Å². The minimum absolute atomic E-state index is 0.303. The van der Waals surface area contributed by atoms with Crippen LogP contribution in [0.4, 0.5) is 10.5 Å². The third-order valence-electron chi connectivity index (χ3n) is 2.81. The monoisotopic (exact) mass is 286 g/mol. The molecule has 0 saturated heterocycles. The van der Waals surface area contributed by atoms with Gasteiger partial charge in [0.15, 0.2) is 0 Å². The maximum atomic E-state index is 11.7. The quantitative estimate of drug-likeness (QED) is 0.860. The van der Waals surface area contributed by atoms with Crippen molar-refractivity contribution in [2.24, 2.45) is 0 Å². The molecule has 102 valence electrons. The second-order valence-corrected chi connectivity index (χ2v) is 4.66. The summed E-state index contributed by atoms with van der Waals surface area (Å²) in [5.41, 5.74) is 2.56. The summed E-state index contributed by atoms with van der Waals surface area (Å²) in [5, 5.41) is 6.03. The number of amides is 2. The molecule has 2 aromatic rings. The lowest BCUT2D eigenvalue weighted by Gasteiger charge is -2.08. The van der Waals surface area contributed by atoms with Crippen molar-refractivity contribution < 1.29 is 4.79 Å². The Hall–Kier alpha value is -2.26. The first-order valence-electron chi connectivity index (χ1n) is 6.21. The van der Waals surface area contributed by atoms with Gasteiger partial charge < -0.3 is 10.6 Å². The maximum Gasteiger partial charge on any atom is 0.323 e. The molecule has 0 aliphatic heterocycles. The van der Waals surface area contributed by atoms with Crippen LogP contribution in [0, 0.1) is 6.92 Å². The average molecular weight is 287 g/mol. The second-order valence-electron chi connectivity index (χ2n) is 4.25. The van der Waals surface area contributed by atoms with E-state index in [1.807, 2.05) is 49.4 Å². The molecule has 0 aliphatic rings. The Morgan fingerprint density at radius 1 is 1.10 bits per heavy atom. The van der Waals surface area contributed by atoms with Gasteiger partial charge in [-0.3, -0.25) is 0 Å². The van der Waals surface area contributed by atoms with Crippen LogP contribution in [0.5, 0.6) is 0 Å². The van der Waals surface area contributed by atoms with Gasteiger partial charge in [0.2, 0.25) is 0 Å². The van der Waals surface area contributed by atoms with Crippen molar-refractivity contribution >= 4 is 29.4 Å². The van der Waals surface area contributed by atoms with Crippen LogP contribution >= 0.6 is 11.6 Å². The highest BCUT2D eigenvalue weighted by Gasteiger charge is 2.04. The summed E-state index contributed by atoms with van der Waals surface area (Å²) in [7, 11) is 0. The molecule has 20 heavy (non-hydrogen) atoms. The highest BCUT2D eigenvalue weighted by atomic mass is 35.5. The Balaban J connectivity index is 1.93. The summed E-state index contributed by atoms with van der Waals surface area (Å²) >= 11 is 6.00. The minimum atomic E-state index is -0.303. The fraction of sp³-hybridized carbons (Fsp3) is 0.0625. The number of anilines is 1. The Bertz CT molecular complexity index is 624. The predicted octanol–water partition coefficient (Wildman–Crippen LogP) is 4.44. The molecule has 0 fully saturated rings. The first kappa shape index (κ1) is 14.2. The fourth-order valence-corrected chi connectivity index (χ4v) is 1.85. The molecule has 0 aromatic heterocycles. The lowest BCUT2D eigenvalue weighted by molar-refractivity contribution is 0.255. The molecule has 4 heteroatoms. The molecule has 0 atom stereocenters. The summed E-state index contributed by atoms with van der Waals surface area (Å²) in [4.78, 5) is 11.7. The average Bonchev–Trinajstić information content (AvgIpc) is 2.45. The first-order valence-corrected chi connectivity index (χ1v) is 6.59. The van der Waals surface area contributed by atoms with Gasteiger partial charge in [0.05, 0.1) is 0 Å². The van der Waals surface area contributed by atoms with Crippen molar-refractivity contribution in [3.05, 3.63) is 70.9 Å². The van der Waals surface area contributed by atoms with E-state index in [0.29, 0.717) is 10.7 Å². The van der Waals surface area contributed by atoms with E-state index in [0.717, 1.165) is 11.1 Å². The van der Waals surface area contributed by atoms with Crippen LogP contribution in [0.2, 0.25) is 5.02 Å². The number of halogens is 1. The van der Waals surface area contributed by atoms with Crippen LogP contribution in [-0.4, -0.2) is 6.03 Å². The molecule has 3 nitrogen and oxygen atoms in total. The van der Waals surface area contributed by atoms with E-state index < -0.39 is 0 Å². The minimum Gasteiger partial charge on any atom is -0.314 e. The number of rotatable bonds is 3. The summed E-state index contributed by atoms with van der Waals surface area (Å²) < 4.78 is 0. The lowest BCUT2D eigenvalue weighted by atomic mass is 10.2. The molecule has 2 amide bonds. The SMILES string of the molecule is Cc1c(Cl)cccc1NC(=O)N/C=C/c1ccccc1. The summed E-state index contributed by atoms with van der Waals surface area (Å²) in [5.74, 6) is 0. The van der Waals surface area contributed by atoms with Crippen molar-refractivity contribution in [1.82, 2.24) is 5.32 Å². The van der Waals surface area contributed by atoms with Gasteiger partial charge in [0, 0.05) is 16.9 Å². The zero-order chi connectivity index (χ0) is 14.4. The molecular weight excluding hydrogens is 272 g/mol. The lowest BCUT2D eigenvalue weighted by Crippen LogP contribution is -2.24. The number of hydrogen-bond donors (Lipinski definition) is 2. The molecular formula is C16H15ClN2O. The van der Waals surface area contributed by atoms with Crippen LogP contribution in [-0.2, 0) is 0 Å². The summed E-state index contributed by atoms with van der Waals surface area (Å²) in [6.07, 6.45) is 3.43. The Morgan fingerprint density at radius 2 is 1.85 bits per heavy atom. The molecule has 0 heterocycles. The summed E-state index contributed by atoms with van der Waals surface area (Å²) in [6, 6.07) is 14.8.